The maximum atomic E-state index is 12.0. The Labute approximate surface area is 119 Å². The van der Waals surface area contributed by atoms with Gasteiger partial charge >= 0.3 is 0 Å². The number of carbonyl (C=O) groups excluding carboxylic acids is 2. The van der Waals surface area contributed by atoms with Crippen LogP contribution in [0, 0.1) is 0 Å². The van der Waals surface area contributed by atoms with Crippen molar-refractivity contribution in [3.63, 3.8) is 0 Å². The van der Waals surface area contributed by atoms with Crippen molar-refractivity contribution in [2.75, 3.05) is 53.0 Å². The Balaban J connectivity index is 2.30. The van der Waals surface area contributed by atoms with E-state index in [0.717, 1.165) is 0 Å². The van der Waals surface area contributed by atoms with Crippen molar-refractivity contribution >= 4 is 11.8 Å². The lowest BCUT2D eigenvalue weighted by molar-refractivity contribution is -0.135. The highest BCUT2D eigenvalue weighted by Gasteiger charge is 2.25. The number of nitrogens with one attached hydrogen (secondary N) is 1. The van der Waals surface area contributed by atoms with Gasteiger partial charge in [0.05, 0.1) is 13.2 Å². The van der Waals surface area contributed by atoms with Gasteiger partial charge in [-0.2, -0.15) is 0 Å². The summed E-state index contributed by atoms with van der Waals surface area (Å²) in [6, 6.07) is -0.609. The SMILES string of the molecule is C=CCNC(=O)CN1CCN(C(=O)C(N)COC)CC1. The maximum absolute atomic E-state index is 12.0. The third kappa shape index (κ3) is 5.28. The molecule has 0 aliphatic carbocycles. The molecular weight excluding hydrogens is 260 g/mol. The van der Waals surface area contributed by atoms with Crippen LogP contribution >= 0.6 is 0 Å². The minimum Gasteiger partial charge on any atom is -0.383 e. The number of piperazine rings is 1. The van der Waals surface area contributed by atoms with E-state index in [1.165, 1.54) is 7.11 Å². The zero-order valence-electron chi connectivity index (χ0n) is 12.0. The second-order valence-corrected chi connectivity index (χ2v) is 4.76. The van der Waals surface area contributed by atoms with E-state index in [9.17, 15) is 9.59 Å². The van der Waals surface area contributed by atoms with Crippen molar-refractivity contribution in [2.24, 2.45) is 5.73 Å². The first-order chi connectivity index (χ1) is 9.58. The van der Waals surface area contributed by atoms with Crippen LogP contribution in [-0.4, -0.2) is 80.6 Å². The Hall–Kier alpha value is -1.44. The lowest BCUT2D eigenvalue weighted by Gasteiger charge is -2.35. The zero-order chi connectivity index (χ0) is 15.0. The molecule has 1 fully saturated rings. The van der Waals surface area contributed by atoms with Gasteiger partial charge in [-0.15, -0.1) is 6.58 Å². The summed E-state index contributed by atoms with van der Waals surface area (Å²) < 4.78 is 4.88. The molecule has 2 amide bonds. The molecule has 7 nitrogen and oxygen atoms in total. The fraction of sp³-hybridized carbons (Fsp3) is 0.692. The topological polar surface area (TPSA) is 87.9 Å². The molecule has 20 heavy (non-hydrogen) atoms. The summed E-state index contributed by atoms with van der Waals surface area (Å²) in [4.78, 5) is 27.3. The molecule has 1 rings (SSSR count). The molecule has 1 saturated heterocycles. The van der Waals surface area contributed by atoms with Crippen molar-refractivity contribution < 1.29 is 14.3 Å². The summed E-state index contributed by atoms with van der Waals surface area (Å²) >= 11 is 0. The molecule has 3 N–H and O–H groups in total. The van der Waals surface area contributed by atoms with Gasteiger partial charge in [-0.3, -0.25) is 14.5 Å². The molecule has 0 aromatic rings. The van der Waals surface area contributed by atoms with Crippen LogP contribution in [0.1, 0.15) is 0 Å². The minimum absolute atomic E-state index is 0.0271. The second-order valence-electron chi connectivity index (χ2n) is 4.76. The molecule has 1 heterocycles. The summed E-state index contributed by atoms with van der Waals surface area (Å²) in [5.41, 5.74) is 5.73. The van der Waals surface area contributed by atoms with Gasteiger partial charge in [0.1, 0.15) is 6.04 Å². The normalized spacial score (nSPS) is 17.6. The number of nitrogens with two attached hydrogens (primary N) is 1. The van der Waals surface area contributed by atoms with Gasteiger partial charge in [-0.25, -0.2) is 0 Å². The highest BCUT2D eigenvalue weighted by atomic mass is 16.5. The smallest absolute Gasteiger partial charge is 0.241 e. The highest BCUT2D eigenvalue weighted by molar-refractivity contribution is 5.82. The van der Waals surface area contributed by atoms with Crippen LogP contribution in [0.25, 0.3) is 0 Å². The lowest BCUT2D eigenvalue weighted by atomic mass is 10.2. The summed E-state index contributed by atoms with van der Waals surface area (Å²) in [6.45, 7) is 7.12. The largest absolute Gasteiger partial charge is 0.383 e. The third-order valence-corrected chi connectivity index (χ3v) is 3.16. The second kappa shape index (κ2) is 8.68. The molecule has 0 bridgehead atoms. The van der Waals surface area contributed by atoms with E-state index < -0.39 is 6.04 Å². The number of ether oxygens (including phenoxy) is 1. The predicted molar refractivity (Wildman–Crippen MR) is 76.1 cm³/mol. The van der Waals surface area contributed by atoms with Crippen LogP contribution in [0.5, 0.6) is 0 Å². The number of amides is 2. The van der Waals surface area contributed by atoms with Gasteiger partial charge in [0.15, 0.2) is 0 Å². The molecule has 0 radical (unpaired) electrons. The van der Waals surface area contributed by atoms with Crippen molar-refractivity contribution in [1.82, 2.24) is 15.1 Å². The van der Waals surface area contributed by atoms with Gasteiger partial charge in [-0.1, -0.05) is 6.08 Å². The third-order valence-electron chi connectivity index (χ3n) is 3.16. The van der Waals surface area contributed by atoms with Gasteiger partial charge < -0.3 is 20.7 Å². The summed E-state index contributed by atoms with van der Waals surface area (Å²) in [7, 11) is 1.52. The molecule has 1 atom stereocenters. The number of hydrogen-bond acceptors (Lipinski definition) is 5. The average molecular weight is 284 g/mol. The summed E-state index contributed by atoms with van der Waals surface area (Å²) in [5, 5.41) is 2.73. The Morgan fingerprint density at radius 3 is 2.60 bits per heavy atom. The molecule has 1 aliphatic rings. The van der Waals surface area contributed by atoms with Crippen LogP contribution < -0.4 is 11.1 Å². The lowest BCUT2D eigenvalue weighted by Crippen LogP contribution is -2.55. The Morgan fingerprint density at radius 2 is 2.05 bits per heavy atom. The first-order valence-corrected chi connectivity index (χ1v) is 6.71. The monoisotopic (exact) mass is 284 g/mol. The van der Waals surface area contributed by atoms with E-state index >= 15 is 0 Å². The highest BCUT2D eigenvalue weighted by Crippen LogP contribution is 2.03. The fourth-order valence-electron chi connectivity index (χ4n) is 2.06. The molecular formula is C13H24N4O3. The van der Waals surface area contributed by atoms with Crippen molar-refractivity contribution in [2.45, 2.75) is 6.04 Å². The van der Waals surface area contributed by atoms with Crippen molar-refractivity contribution in [3.8, 4) is 0 Å². The Kier molecular flexibility index (Phi) is 7.21. The van der Waals surface area contributed by atoms with E-state index in [0.29, 0.717) is 39.3 Å². The quantitative estimate of drug-likeness (QED) is 0.550. The predicted octanol–water partition coefficient (Wildman–Crippen LogP) is -1.59. The maximum Gasteiger partial charge on any atom is 0.241 e. The first kappa shape index (κ1) is 16.6. The van der Waals surface area contributed by atoms with Gasteiger partial charge in [0, 0.05) is 39.8 Å². The van der Waals surface area contributed by atoms with Gasteiger partial charge in [-0.05, 0) is 0 Å². The van der Waals surface area contributed by atoms with Crippen LogP contribution in [0.4, 0.5) is 0 Å². The minimum atomic E-state index is -0.609. The Morgan fingerprint density at radius 1 is 1.40 bits per heavy atom. The van der Waals surface area contributed by atoms with Crippen molar-refractivity contribution in [3.05, 3.63) is 12.7 Å². The molecule has 0 aromatic carbocycles. The van der Waals surface area contributed by atoms with E-state index in [4.69, 9.17) is 10.5 Å². The molecule has 1 aliphatic heterocycles. The summed E-state index contributed by atoms with van der Waals surface area (Å²) in [5.74, 6) is -0.122. The zero-order valence-corrected chi connectivity index (χ0v) is 12.0. The average Bonchev–Trinajstić information content (AvgIpc) is 2.45. The van der Waals surface area contributed by atoms with Gasteiger partial charge in [0.2, 0.25) is 11.8 Å². The first-order valence-electron chi connectivity index (χ1n) is 6.71. The molecule has 1 unspecified atom stereocenters. The van der Waals surface area contributed by atoms with Crippen LogP contribution in [0.15, 0.2) is 12.7 Å². The number of methoxy groups -OCH3 is 1. The van der Waals surface area contributed by atoms with Crippen molar-refractivity contribution in [1.29, 1.82) is 0 Å². The standard InChI is InChI=1S/C13H24N4O3/c1-3-4-15-12(18)9-16-5-7-17(8-6-16)13(19)11(14)10-20-2/h3,11H,1,4-10,14H2,2H3,(H,15,18). The van der Waals surface area contributed by atoms with E-state index in [2.05, 4.69) is 11.9 Å². The van der Waals surface area contributed by atoms with Crippen LogP contribution in [-0.2, 0) is 14.3 Å². The van der Waals surface area contributed by atoms with Crippen LogP contribution in [0.2, 0.25) is 0 Å². The molecule has 0 saturated carbocycles. The molecule has 0 spiro atoms. The summed E-state index contributed by atoms with van der Waals surface area (Å²) in [6.07, 6.45) is 1.64. The molecule has 114 valence electrons. The molecule has 0 aromatic heterocycles. The van der Waals surface area contributed by atoms with E-state index in [1.54, 1.807) is 11.0 Å². The number of nitrogens with zero attached hydrogens (tertiary/aromatic N) is 2. The van der Waals surface area contributed by atoms with Gasteiger partial charge in [0.25, 0.3) is 0 Å². The number of hydrogen-bond donors (Lipinski definition) is 2. The fourth-order valence-corrected chi connectivity index (χ4v) is 2.06. The Bertz CT molecular complexity index is 341. The van der Waals surface area contributed by atoms with E-state index in [-0.39, 0.29) is 18.4 Å². The number of carbonyl (C=O) groups is 2. The number of rotatable bonds is 7. The van der Waals surface area contributed by atoms with E-state index in [1.807, 2.05) is 4.90 Å². The van der Waals surface area contributed by atoms with Crippen LogP contribution in [0.3, 0.4) is 0 Å². The molecule has 7 heteroatoms.